The van der Waals surface area contributed by atoms with Crippen LogP contribution in [0.1, 0.15) is 15.9 Å². The number of hydrogen-bond acceptors (Lipinski definition) is 5. The summed E-state index contributed by atoms with van der Waals surface area (Å²) in [4.78, 5) is 28.0. The first kappa shape index (κ1) is 20.6. The predicted octanol–water partition coefficient (Wildman–Crippen LogP) is 1.91. The van der Waals surface area contributed by atoms with E-state index in [9.17, 15) is 14.0 Å². The Balaban J connectivity index is 1.83. The van der Waals surface area contributed by atoms with Crippen LogP contribution in [-0.2, 0) is 11.3 Å². The van der Waals surface area contributed by atoms with Crippen LogP contribution in [0.15, 0.2) is 60.1 Å². The van der Waals surface area contributed by atoms with E-state index in [0.717, 1.165) is 5.56 Å². The van der Waals surface area contributed by atoms with Crippen LogP contribution in [0.4, 0.5) is 9.18 Å². The monoisotopic (exact) mass is 402 g/mol. The average Bonchev–Trinajstić information content (AvgIpc) is 3.03. The van der Waals surface area contributed by atoms with Crippen molar-refractivity contribution in [2.45, 2.75) is 6.54 Å². The van der Waals surface area contributed by atoms with Gasteiger partial charge in [-0.25, -0.2) is 14.7 Å². The molecule has 3 N–H and O–H groups in total. The number of carbonyl (C=O) groups excluding carboxylic acids is 2. The quantitative estimate of drug-likeness (QED) is 0.517. The molecule has 0 aromatic heterocycles. The number of morpholine rings is 1. The highest BCUT2D eigenvalue weighted by molar-refractivity contribution is 5.93. The third-order valence-corrected chi connectivity index (χ3v) is 4.59. The normalized spacial score (nSPS) is 16.3. The lowest BCUT2D eigenvalue weighted by molar-refractivity contribution is 0.0450. The number of rotatable bonds is 5. The molecule has 0 bridgehead atoms. The Hall–Kier alpha value is -3.17. The van der Waals surface area contributed by atoms with Gasteiger partial charge in [-0.05, 0) is 29.3 Å². The van der Waals surface area contributed by atoms with Gasteiger partial charge < -0.3 is 15.0 Å². The molecule has 29 heavy (non-hydrogen) atoms. The number of nitrogens with zero attached hydrogens (tertiary/aromatic N) is 2. The van der Waals surface area contributed by atoms with Crippen molar-refractivity contribution in [1.82, 2.24) is 20.6 Å². The van der Waals surface area contributed by atoms with Gasteiger partial charge in [-0.15, -0.1) is 0 Å². The van der Waals surface area contributed by atoms with Crippen molar-refractivity contribution in [3.8, 4) is 0 Å². The highest BCUT2D eigenvalue weighted by Gasteiger charge is 2.26. The zero-order chi connectivity index (χ0) is 20.6. The summed E-state index contributed by atoms with van der Waals surface area (Å²) in [6.07, 6.45) is 6.57. The van der Waals surface area contributed by atoms with Crippen molar-refractivity contribution in [3.05, 3.63) is 71.2 Å². The number of urea groups is 1. The average molecular weight is 402 g/mol. The van der Waals surface area contributed by atoms with Crippen LogP contribution in [0.2, 0.25) is 0 Å². The molecule has 0 spiro atoms. The largest absolute Gasteiger partial charge is 0.378 e. The van der Waals surface area contributed by atoms with Crippen LogP contribution in [0.25, 0.3) is 0 Å². The lowest BCUT2D eigenvalue weighted by Crippen LogP contribution is -2.48. The van der Waals surface area contributed by atoms with Crippen molar-refractivity contribution in [2.24, 2.45) is 0 Å². The number of hydroxylamine groups is 1. The molecule has 2 aliphatic heterocycles. The molecule has 0 atom stereocenters. The van der Waals surface area contributed by atoms with Crippen LogP contribution in [0.3, 0.4) is 0 Å². The molecule has 1 fully saturated rings. The van der Waals surface area contributed by atoms with Crippen LogP contribution >= 0.6 is 0 Å². The summed E-state index contributed by atoms with van der Waals surface area (Å²) < 4.78 is 18.3. The third kappa shape index (κ3) is 5.21. The van der Waals surface area contributed by atoms with Gasteiger partial charge in [0.1, 0.15) is 12.5 Å². The van der Waals surface area contributed by atoms with E-state index in [1.807, 2.05) is 0 Å². The fraction of sp³-hybridized carbons (Fsp3) is 0.300. The second-order valence-electron chi connectivity index (χ2n) is 6.51. The molecule has 1 aromatic rings. The molecule has 3 rings (SSSR count). The number of ether oxygens (including phenoxy) is 1. The molecule has 154 valence electrons. The molecule has 1 aromatic carbocycles. The minimum atomic E-state index is -0.615. The molecular formula is C20H23FN4O4. The lowest BCUT2D eigenvalue weighted by Gasteiger charge is -2.34. The fourth-order valence-corrected chi connectivity index (χ4v) is 2.97. The lowest BCUT2D eigenvalue weighted by atomic mass is 10.1. The second kappa shape index (κ2) is 9.85. The standard InChI is InChI=1S/C20H23FN4O4/c21-12-16-2-1-3-18(22-13-16)25(20(27)24-8-10-29-11-9-24)14-15-4-6-17(7-5-15)19(26)23-28/h1-7,13,22,28H,8-12,14H2,(H,23,26). The van der Waals surface area contributed by atoms with Gasteiger partial charge in [0, 0.05) is 24.9 Å². The summed E-state index contributed by atoms with van der Waals surface area (Å²) in [7, 11) is 0. The van der Waals surface area contributed by atoms with Gasteiger partial charge >= 0.3 is 6.03 Å². The highest BCUT2D eigenvalue weighted by Crippen LogP contribution is 2.17. The maximum absolute atomic E-state index is 13.2. The number of nitrogens with one attached hydrogen (secondary N) is 2. The zero-order valence-electron chi connectivity index (χ0n) is 15.8. The van der Waals surface area contributed by atoms with Crippen molar-refractivity contribution < 1.29 is 23.9 Å². The molecule has 3 amide bonds. The van der Waals surface area contributed by atoms with Gasteiger partial charge in [0.15, 0.2) is 0 Å². The number of halogens is 1. The Kier molecular flexibility index (Phi) is 6.99. The molecular weight excluding hydrogens is 379 g/mol. The Bertz CT molecular complexity index is 829. The Morgan fingerprint density at radius 2 is 1.97 bits per heavy atom. The number of alkyl halides is 1. The highest BCUT2D eigenvalue weighted by atomic mass is 19.1. The number of benzene rings is 1. The smallest absolute Gasteiger partial charge is 0.326 e. The first-order valence-corrected chi connectivity index (χ1v) is 9.20. The van der Waals surface area contributed by atoms with E-state index in [-0.39, 0.29) is 12.6 Å². The van der Waals surface area contributed by atoms with Crippen molar-refractivity contribution >= 4 is 11.9 Å². The minimum absolute atomic E-state index is 0.199. The Morgan fingerprint density at radius 3 is 2.62 bits per heavy atom. The van der Waals surface area contributed by atoms with E-state index in [1.54, 1.807) is 57.8 Å². The van der Waals surface area contributed by atoms with E-state index in [1.165, 1.54) is 6.20 Å². The van der Waals surface area contributed by atoms with Crippen molar-refractivity contribution in [3.63, 3.8) is 0 Å². The fourth-order valence-electron chi connectivity index (χ4n) is 2.97. The van der Waals surface area contributed by atoms with E-state index < -0.39 is 12.6 Å². The molecule has 2 heterocycles. The summed E-state index contributed by atoms with van der Waals surface area (Å²) in [6, 6.07) is 6.34. The van der Waals surface area contributed by atoms with Crippen LogP contribution in [-0.4, -0.2) is 59.9 Å². The van der Waals surface area contributed by atoms with Gasteiger partial charge in [-0.1, -0.05) is 24.3 Å². The predicted molar refractivity (Wildman–Crippen MR) is 103 cm³/mol. The molecule has 2 aliphatic rings. The third-order valence-electron chi connectivity index (χ3n) is 4.59. The number of amides is 3. The topological polar surface area (TPSA) is 94.1 Å². The van der Waals surface area contributed by atoms with Gasteiger partial charge in [-0.3, -0.25) is 14.9 Å². The van der Waals surface area contributed by atoms with E-state index in [2.05, 4.69) is 5.32 Å². The summed E-state index contributed by atoms with van der Waals surface area (Å²) in [5.41, 5.74) is 3.13. The molecule has 0 unspecified atom stereocenters. The maximum atomic E-state index is 13.2. The summed E-state index contributed by atoms with van der Waals surface area (Å²) in [5.74, 6) is -0.0988. The molecule has 1 saturated heterocycles. The van der Waals surface area contributed by atoms with Gasteiger partial charge in [0.25, 0.3) is 5.91 Å². The molecule has 0 aliphatic carbocycles. The van der Waals surface area contributed by atoms with Crippen LogP contribution in [0, 0.1) is 0 Å². The van der Waals surface area contributed by atoms with Crippen molar-refractivity contribution in [2.75, 3.05) is 33.0 Å². The van der Waals surface area contributed by atoms with Crippen LogP contribution in [0.5, 0.6) is 0 Å². The minimum Gasteiger partial charge on any atom is -0.378 e. The number of allylic oxidation sites excluding steroid dienone is 4. The number of carbonyl (C=O) groups is 2. The van der Waals surface area contributed by atoms with E-state index in [0.29, 0.717) is 43.3 Å². The summed E-state index contributed by atoms with van der Waals surface area (Å²) in [5, 5.41) is 11.7. The SMILES string of the molecule is O=C(NO)c1ccc(CN(C(=O)N2CCOCC2)C2=CC=CC(CF)=CN2)cc1. The zero-order valence-corrected chi connectivity index (χ0v) is 15.8. The maximum Gasteiger partial charge on any atom is 0.326 e. The molecule has 9 heteroatoms. The molecule has 8 nitrogen and oxygen atoms in total. The van der Waals surface area contributed by atoms with Gasteiger partial charge in [0.2, 0.25) is 0 Å². The first-order valence-electron chi connectivity index (χ1n) is 9.20. The Morgan fingerprint density at radius 1 is 1.24 bits per heavy atom. The summed E-state index contributed by atoms with van der Waals surface area (Å²) in [6.45, 7) is 1.55. The number of hydrogen-bond donors (Lipinski definition) is 3. The van der Waals surface area contributed by atoms with E-state index in [4.69, 9.17) is 9.94 Å². The summed E-state index contributed by atoms with van der Waals surface area (Å²) >= 11 is 0. The first-order chi connectivity index (χ1) is 14.1. The van der Waals surface area contributed by atoms with Crippen molar-refractivity contribution in [1.29, 1.82) is 0 Å². The van der Waals surface area contributed by atoms with Crippen LogP contribution < -0.4 is 10.8 Å². The van der Waals surface area contributed by atoms with E-state index >= 15 is 0 Å². The van der Waals surface area contributed by atoms with Gasteiger partial charge in [-0.2, -0.15) is 0 Å². The van der Waals surface area contributed by atoms with Gasteiger partial charge in [0.05, 0.1) is 19.8 Å². The molecule has 0 radical (unpaired) electrons. The Labute approximate surface area is 167 Å². The second-order valence-corrected chi connectivity index (χ2v) is 6.51. The molecule has 0 saturated carbocycles.